The Morgan fingerprint density at radius 2 is 1.63 bits per heavy atom. The van der Waals surface area contributed by atoms with Gasteiger partial charge >= 0.3 is 6.16 Å². The topological polar surface area (TPSA) is 103 Å². The van der Waals surface area contributed by atoms with Gasteiger partial charge in [0.05, 0.1) is 13.2 Å². The van der Waals surface area contributed by atoms with Gasteiger partial charge in [-0.3, -0.25) is 9.59 Å². The second kappa shape index (κ2) is 13.4. The molecule has 0 fully saturated rings. The monoisotopic (exact) mass is 476 g/mol. The number of para-hydroxylation sites is 1. The predicted molar refractivity (Wildman–Crippen MR) is 132 cm³/mol. The van der Waals surface area contributed by atoms with Crippen molar-refractivity contribution in [3.8, 4) is 11.5 Å². The van der Waals surface area contributed by atoms with E-state index < -0.39 is 6.16 Å². The van der Waals surface area contributed by atoms with Crippen LogP contribution >= 0.6 is 0 Å². The molecule has 2 N–H and O–H groups in total. The fraction of sp³-hybridized carbons (Fsp3) is 0.222. The maximum absolute atomic E-state index is 12.4. The summed E-state index contributed by atoms with van der Waals surface area (Å²) in [6.45, 7) is 2.64. The number of benzene rings is 3. The zero-order valence-corrected chi connectivity index (χ0v) is 19.5. The van der Waals surface area contributed by atoms with Gasteiger partial charge in [-0.25, -0.2) is 4.79 Å². The van der Waals surface area contributed by atoms with Gasteiger partial charge in [0.25, 0.3) is 5.91 Å². The Bertz CT molecular complexity index is 1120. The van der Waals surface area contributed by atoms with Crippen LogP contribution in [0.15, 0.2) is 78.9 Å². The number of nitrogens with one attached hydrogen (secondary N) is 2. The summed E-state index contributed by atoms with van der Waals surface area (Å²) in [4.78, 5) is 36.0. The molecule has 0 heterocycles. The molecule has 0 aromatic heterocycles. The maximum Gasteiger partial charge on any atom is 0.513 e. The summed E-state index contributed by atoms with van der Waals surface area (Å²) in [5, 5.41) is 5.71. The fourth-order valence-electron chi connectivity index (χ4n) is 3.12. The van der Waals surface area contributed by atoms with Crippen molar-refractivity contribution in [3.05, 3.63) is 90.0 Å². The molecule has 3 aromatic rings. The summed E-state index contributed by atoms with van der Waals surface area (Å²) in [5.74, 6) is 0.687. The molecule has 0 aliphatic rings. The van der Waals surface area contributed by atoms with Gasteiger partial charge in [0.15, 0.2) is 0 Å². The number of hydrogen-bond acceptors (Lipinski definition) is 6. The molecule has 8 nitrogen and oxygen atoms in total. The number of ether oxygens (including phenoxy) is 3. The third kappa shape index (κ3) is 8.85. The SMILES string of the molecule is CCOC(=O)Oc1ccc(C(=O)NCc2cccc(NC(=O)CCCOc3ccccc3)c2)cc1. The van der Waals surface area contributed by atoms with E-state index in [9.17, 15) is 14.4 Å². The molecule has 0 saturated heterocycles. The number of rotatable bonds is 11. The Morgan fingerprint density at radius 1 is 0.857 bits per heavy atom. The molecule has 3 aromatic carbocycles. The first kappa shape index (κ1) is 25.3. The van der Waals surface area contributed by atoms with E-state index in [4.69, 9.17) is 14.2 Å². The number of hydrogen-bond donors (Lipinski definition) is 2. The lowest BCUT2D eigenvalue weighted by Gasteiger charge is -2.10. The van der Waals surface area contributed by atoms with E-state index in [1.807, 2.05) is 48.5 Å². The quantitative estimate of drug-likeness (QED) is 0.231. The first-order valence-electron chi connectivity index (χ1n) is 11.3. The average Bonchev–Trinajstić information content (AvgIpc) is 2.87. The van der Waals surface area contributed by atoms with Gasteiger partial charge < -0.3 is 24.8 Å². The van der Waals surface area contributed by atoms with Gasteiger partial charge in [0, 0.05) is 24.2 Å². The van der Waals surface area contributed by atoms with Crippen LogP contribution in [-0.2, 0) is 16.1 Å². The van der Waals surface area contributed by atoms with Crippen LogP contribution in [0.5, 0.6) is 11.5 Å². The minimum absolute atomic E-state index is 0.104. The number of amides is 2. The lowest BCUT2D eigenvalue weighted by molar-refractivity contribution is -0.116. The van der Waals surface area contributed by atoms with Crippen molar-refractivity contribution in [1.82, 2.24) is 5.32 Å². The van der Waals surface area contributed by atoms with E-state index in [-0.39, 0.29) is 30.7 Å². The summed E-state index contributed by atoms with van der Waals surface area (Å²) >= 11 is 0. The standard InChI is InChI=1S/C27H28N2O6/c1-2-33-27(32)35-24-15-13-21(14-16-24)26(31)28-19-20-8-6-9-22(18-20)29-25(30)12-7-17-34-23-10-4-3-5-11-23/h3-6,8-11,13-16,18H,2,7,12,17,19H2,1H3,(H,28,31)(H,29,30). The van der Waals surface area contributed by atoms with Crippen LogP contribution in [0.25, 0.3) is 0 Å². The second-order valence-corrected chi connectivity index (χ2v) is 7.51. The van der Waals surface area contributed by atoms with E-state index in [1.54, 1.807) is 25.1 Å². The van der Waals surface area contributed by atoms with Gasteiger partial charge in [-0.05, 0) is 67.4 Å². The van der Waals surface area contributed by atoms with Crippen LogP contribution in [0.4, 0.5) is 10.5 Å². The molecule has 0 saturated carbocycles. The maximum atomic E-state index is 12.4. The summed E-state index contributed by atoms with van der Waals surface area (Å²) in [7, 11) is 0. The lowest BCUT2D eigenvalue weighted by atomic mass is 10.1. The van der Waals surface area contributed by atoms with Crippen LogP contribution in [0.2, 0.25) is 0 Å². The minimum Gasteiger partial charge on any atom is -0.494 e. The average molecular weight is 477 g/mol. The van der Waals surface area contributed by atoms with Gasteiger partial charge in [-0.15, -0.1) is 0 Å². The predicted octanol–water partition coefficient (Wildman–Crippen LogP) is 4.95. The first-order valence-corrected chi connectivity index (χ1v) is 11.3. The van der Waals surface area contributed by atoms with E-state index in [2.05, 4.69) is 10.6 Å². The first-order chi connectivity index (χ1) is 17.0. The Hall–Kier alpha value is -4.33. The van der Waals surface area contributed by atoms with Gasteiger partial charge in [-0.2, -0.15) is 0 Å². The zero-order valence-electron chi connectivity index (χ0n) is 19.5. The van der Waals surface area contributed by atoms with Crippen LogP contribution in [0, 0.1) is 0 Å². The smallest absolute Gasteiger partial charge is 0.494 e. The van der Waals surface area contributed by atoms with E-state index >= 15 is 0 Å². The van der Waals surface area contributed by atoms with E-state index in [0.717, 1.165) is 11.3 Å². The van der Waals surface area contributed by atoms with Gasteiger partial charge in [0.2, 0.25) is 5.91 Å². The Labute approximate surface area is 204 Å². The van der Waals surface area contributed by atoms with E-state index in [0.29, 0.717) is 30.7 Å². The van der Waals surface area contributed by atoms with Crippen LogP contribution in [-0.4, -0.2) is 31.2 Å². The lowest BCUT2D eigenvalue weighted by Crippen LogP contribution is -2.22. The summed E-state index contributed by atoms with van der Waals surface area (Å²) in [6, 6.07) is 22.9. The minimum atomic E-state index is -0.794. The molecule has 2 amide bonds. The highest BCUT2D eigenvalue weighted by atomic mass is 16.7. The van der Waals surface area contributed by atoms with Crippen molar-refractivity contribution in [1.29, 1.82) is 0 Å². The van der Waals surface area contributed by atoms with Crippen molar-refractivity contribution in [2.45, 2.75) is 26.3 Å². The largest absolute Gasteiger partial charge is 0.513 e. The van der Waals surface area contributed by atoms with Crippen molar-refractivity contribution < 1.29 is 28.6 Å². The molecule has 3 rings (SSSR count). The van der Waals surface area contributed by atoms with Crippen LogP contribution in [0.3, 0.4) is 0 Å². The molecule has 0 bridgehead atoms. The van der Waals surface area contributed by atoms with Crippen molar-refractivity contribution in [3.63, 3.8) is 0 Å². The van der Waals surface area contributed by atoms with Crippen molar-refractivity contribution >= 4 is 23.7 Å². The molecule has 0 aliphatic heterocycles. The summed E-state index contributed by atoms with van der Waals surface area (Å²) in [6.07, 6.45) is 0.140. The number of carbonyl (C=O) groups excluding carboxylic acids is 3. The zero-order chi connectivity index (χ0) is 24.9. The van der Waals surface area contributed by atoms with Crippen molar-refractivity contribution in [2.24, 2.45) is 0 Å². The van der Waals surface area contributed by atoms with Gasteiger partial charge in [0.1, 0.15) is 11.5 Å². The van der Waals surface area contributed by atoms with Crippen molar-refractivity contribution in [2.75, 3.05) is 18.5 Å². The van der Waals surface area contributed by atoms with Gasteiger partial charge in [-0.1, -0.05) is 30.3 Å². The molecule has 0 atom stereocenters. The third-order valence-corrected chi connectivity index (χ3v) is 4.80. The van der Waals surface area contributed by atoms with Crippen LogP contribution < -0.4 is 20.1 Å². The number of anilines is 1. The van der Waals surface area contributed by atoms with Crippen LogP contribution in [0.1, 0.15) is 35.7 Å². The third-order valence-electron chi connectivity index (χ3n) is 4.80. The number of carbonyl (C=O) groups is 3. The Morgan fingerprint density at radius 3 is 2.37 bits per heavy atom. The molecule has 0 unspecified atom stereocenters. The van der Waals surface area contributed by atoms with E-state index in [1.165, 1.54) is 12.1 Å². The molecule has 35 heavy (non-hydrogen) atoms. The normalized spacial score (nSPS) is 10.2. The molecular formula is C27H28N2O6. The summed E-state index contributed by atoms with van der Waals surface area (Å²) in [5.41, 5.74) is 1.92. The summed E-state index contributed by atoms with van der Waals surface area (Å²) < 4.78 is 15.3. The second-order valence-electron chi connectivity index (χ2n) is 7.51. The molecule has 8 heteroatoms. The Balaban J connectivity index is 1.41. The molecule has 182 valence electrons. The molecule has 0 aliphatic carbocycles. The molecule has 0 radical (unpaired) electrons. The highest BCUT2D eigenvalue weighted by Crippen LogP contribution is 2.15. The molecule has 0 spiro atoms. The Kier molecular flexibility index (Phi) is 9.68. The molecular weight excluding hydrogens is 448 g/mol. The highest BCUT2D eigenvalue weighted by Gasteiger charge is 2.09. The highest BCUT2D eigenvalue weighted by molar-refractivity contribution is 5.94. The fourth-order valence-corrected chi connectivity index (χ4v) is 3.12.